The van der Waals surface area contributed by atoms with Gasteiger partial charge in [0.15, 0.2) is 0 Å². The molecular weight excluding hydrogens is 583 g/mol. The normalized spacial score (nSPS) is 17.6. The Morgan fingerprint density at radius 3 is 2.48 bits per heavy atom. The van der Waals surface area contributed by atoms with Crippen LogP contribution in [0.15, 0.2) is 95.6 Å². The van der Waals surface area contributed by atoms with Crippen LogP contribution in [-0.4, -0.2) is 51.4 Å². The lowest BCUT2D eigenvalue weighted by Gasteiger charge is -2.44. The maximum Gasteiger partial charge on any atom is 0.471 e. The number of amides is 2. The molecule has 5 rings (SSSR count). The standard InChI is InChI=1S/C31H27BrF3N3O2/c32-24-10-6-9-22(18-24)29(39)37-16-14-25(19-26(37)17-21-7-2-1-3-8-21)38(30(40)31(33,34)35)20-23-13-15-36-28-12-5-4-11-27(23)28/h1-13,15,18,25-26H,14,16-17,19-20H2. The van der Waals surface area contributed by atoms with Crippen LogP contribution in [0.5, 0.6) is 0 Å². The number of piperidine rings is 1. The van der Waals surface area contributed by atoms with Crippen molar-refractivity contribution in [1.29, 1.82) is 0 Å². The van der Waals surface area contributed by atoms with Crippen LogP contribution in [0.3, 0.4) is 0 Å². The number of para-hydroxylation sites is 1. The number of hydrogen-bond acceptors (Lipinski definition) is 3. The fourth-order valence-corrected chi connectivity index (χ4v) is 5.85. The van der Waals surface area contributed by atoms with Gasteiger partial charge in [-0.3, -0.25) is 14.6 Å². The largest absolute Gasteiger partial charge is 0.471 e. The summed E-state index contributed by atoms with van der Waals surface area (Å²) in [7, 11) is 0. The van der Waals surface area contributed by atoms with Gasteiger partial charge in [-0.15, -0.1) is 0 Å². The van der Waals surface area contributed by atoms with Crippen molar-refractivity contribution in [2.75, 3.05) is 6.54 Å². The summed E-state index contributed by atoms with van der Waals surface area (Å²) in [6.07, 6.45) is -2.56. The van der Waals surface area contributed by atoms with Crippen LogP contribution in [0.25, 0.3) is 10.9 Å². The van der Waals surface area contributed by atoms with E-state index in [2.05, 4.69) is 20.9 Å². The van der Waals surface area contributed by atoms with Crippen LogP contribution in [0.1, 0.15) is 34.3 Å². The van der Waals surface area contributed by atoms with Gasteiger partial charge < -0.3 is 9.80 Å². The molecule has 0 radical (unpaired) electrons. The summed E-state index contributed by atoms with van der Waals surface area (Å²) in [5, 5.41) is 0.702. The summed E-state index contributed by atoms with van der Waals surface area (Å²) in [5.41, 5.74) is 2.71. The summed E-state index contributed by atoms with van der Waals surface area (Å²) in [4.78, 5) is 33.4. The molecule has 206 valence electrons. The summed E-state index contributed by atoms with van der Waals surface area (Å²) >= 11 is 3.41. The van der Waals surface area contributed by atoms with Crippen molar-refractivity contribution in [3.8, 4) is 0 Å². The number of hydrogen-bond donors (Lipinski definition) is 0. The van der Waals surface area contributed by atoms with Gasteiger partial charge in [0.25, 0.3) is 5.91 Å². The highest BCUT2D eigenvalue weighted by Crippen LogP contribution is 2.32. The molecule has 1 aromatic heterocycles. The SMILES string of the molecule is O=C(c1cccc(Br)c1)N1CCC(N(Cc2ccnc3ccccc23)C(=O)C(F)(F)F)CC1Cc1ccccc1. The average Bonchev–Trinajstić information content (AvgIpc) is 2.95. The zero-order valence-electron chi connectivity index (χ0n) is 21.5. The van der Waals surface area contributed by atoms with Crippen LogP contribution < -0.4 is 0 Å². The molecule has 2 heterocycles. The van der Waals surface area contributed by atoms with Gasteiger partial charge in [0.05, 0.1) is 5.52 Å². The van der Waals surface area contributed by atoms with E-state index >= 15 is 0 Å². The van der Waals surface area contributed by atoms with Gasteiger partial charge in [-0.25, -0.2) is 0 Å². The van der Waals surface area contributed by atoms with Crippen molar-refractivity contribution in [2.45, 2.75) is 44.1 Å². The van der Waals surface area contributed by atoms with Gasteiger partial charge in [0.1, 0.15) is 0 Å². The molecule has 1 aliphatic rings. The van der Waals surface area contributed by atoms with E-state index in [4.69, 9.17) is 0 Å². The number of alkyl halides is 3. The number of pyridine rings is 1. The zero-order valence-corrected chi connectivity index (χ0v) is 23.1. The third-order valence-corrected chi connectivity index (χ3v) is 7.85. The lowest BCUT2D eigenvalue weighted by molar-refractivity contribution is -0.189. The van der Waals surface area contributed by atoms with Crippen LogP contribution in [0, 0.1) is 0 Å². The van der Waals surface area contributed by atoms with E-state index in [1.54, 1.807) is 53.6 Å². The van der Waals surface area contributed by atoms with Gasteiger partial charge in [0.2, 0.25) is 0 Å². The molecule has 40 heavy (non-hydrogen) atoms. The Morgan fingerprint density at radius 1 is 0.975 bits per heavy atom. The Labute approximate surface area is 238 Å². The Morgan fingerprint density at radius 2 is 1.73 bits per heavy atom. The minimum Gasteiger partial charge on any atom is -0.335 e. The molecule has 3 aromatic carbocycles. The average molecular weight is 610 g/mol. The fraction of sp³-hybridized carbons (Fsp3) is 0.258. The minimum atomic E-state index is -5.03. The van der Waals surface area contributed by atoms with Crippen LogP contribution >= 0.6 is 15.9 Å². The third-order valence-electron chi connectivity index (χ3n) is 7.36. The second kappa shape index (κ2) is 11.8. The first-order valence-electron chi connectivity index (χ1n) is 13.0. The first-order valence-corrected chi connectivity index (χ1v) is 13.8. The molecule has 9 heteroatoms. The van der Waals surface area contributed by atoms with Gasteiger partial charge in [-0.1, -0.05) is 70.5 Å². The fourth-order valence-electron chi connectivity index (χ4n) is 5.45. The summed E-state index contributed by atoms with van der Waals surface area (Å²) in [6, 6.07) is 24.4. The lowest BCUT2D eigenvalue weighted by atomic mass is 9.90. The second-order valence-electron chi connectivity index (χ2n) is 9.95. The summed E-state index contributed by atoms with van der Waals surface area (Å²) in [6.45, 7) is 0.0237. The van der Waals surface area contributed by atoms with Crippen molar-refractivity contribution >= 4 is 38.6 Å². The number of aromatic nitrogens is 1. The molecule has 0 saturated carbocycles. The number of benzene rings is 3. The van der Waals surface area contributed by atoms with E-state index in [0.29, 0.717) is 28.5 Å². The molecule has 0 bridgehead atoms. The van der Waals surface area contributed by atoms with E-state index in [0.717, 1.165) is 14.9 Å². The molecule has 5 nitrogen and oxygen atoms in total. The summed E-state index contributed by atoms with van der Waals surface area (Å²) < 4.78 is 42.5. The topological polar surface area (TPSA) is 53.5 Å². The quantitative estimate of drug-likeness (QED) is 0.241. The highest BCUT2D eigenvalue weighted by molar-refractivity contribution is 9.10. The zero-order chi connectivity index (χ0) is 28.3. The first-order chi connectivity index (χ1) is 19.2. The lowest BCUT2D eigenvalue weighted by Crippen LogP contribution is -2.55. The van der Waals surface area contributed by atoms with E-state index in [9.17, 15) is 22.8 Å². The van der Waals surface area contributed by atoms with E-state index < -0.39 is 24.2 Å². The molecule has 1 aliphatic heterocycles. The molecule has 2 unspecified atom stereocenters. The van der Waals surface area contributed by atoms with Gasteiger partial charge in [-0.2, -0.15) is 13.2 Å². The van der Waals surface area contributed by atoms with E-state index in [-0.39, 0.29) is 31.8 Å². The monoisotopic (exact) mass is 609 g/mol. The highest BCUT2D eigenvalue weighted by atomic mass is 79.9. The second-order valence-corrected chi connectivity index (χ2v) is 10.9. The van der Waals surface area contributed by atoms with E-state index in [1.165, 1.54) is 0 Å². The van der Waals surface area contributed by atoms with E-state index in [1.807, 2.05) is 42.5 Å². The van der Waals surface area contributed by atoms with Gasteiger partial charge >= 0.3 is 12.1 Å². The third kappa shape index (κ3) is 6.20. The van der Waals surface area contributed by atoms with Gasteiger partial charge in [0, 0.05) is 46.8 Å². The molecule has 1 saturated heterocycles. The Kier molecular flexibility index (Phi) is 8.21. The van der Waals surface area contributed by atoms with Crippen LogP contribution in [-0.2, 0) is 17.8 Å². The number of carbonyl (C=O) groups is 2. The number of fused-ring (bicyclic) bond motifs is 1. The predicted octanol–water partition coefficient (Wildman–Crippen LogP) is 6.80. The van der Waals surface area contributed by atoms with Crippen molar-refractivity contribution in [1.82, 2.24) is 14.8 Å². The molecule has 0 aliphatic carbocycles. The molecule has 2 atom stereocenters. The molecule has 4 aromatic rings. The van der Waals surface area contributed by atoms with Crippen molar-refractivity contribution in [3.05, 3.63) is 112 Å². The van der Waals surface area contributed by atoms with Crippen molar-refractivity contribution in [3.63, 3.8) is 0 Å². The smallest absolute Gasteiger partial charge is 0.335 e. The number of carbonyl (C=O) groups excluding carboxylic acids is 2. The molecule has 0 spiro atoms. The van der Waals surface area contributed by atoms with Crippen molar-refractivity contribution < 1.29 is 22.8 Å². The summed E-state index contributed by atoms with van der Waals surface area (Å²) in [5.74, 6) is -2.06. The first kappa shape index (κ1) is 27.8. The van der Waals surface area contributed by atoms with Crippen molar-refractivity contribution in [2.24, 2.45) is 0 Å². The maximum absolute atomic E-state index is 13.9. The predicted molar refractivity (Wildman–Crippen MR) is 150 cm³/mol. The Balaban J connectivity index is 1.48. The van der Waals surface area contributed by atoms with Gasteiger partial charge in [-0.05, 0) is 60.7 Å². The van der Waals surface area contributed by atoms with Crippen LogP contribution in [0.4, 0.5) is 13.2 Å². The Bertz CT molecular complexity index is 1510. The maximum atomic E-state index is 13.9. The van der Waals surface area contributed by atoms with Crippen LogP contribution in [0.2, 0.25) is 0 Å². The number of nitrogens with zero attached hydrogens (tertiary/aromatic N) is 3. The highest BCUT2D eigenvalue weighted by Gasteiger charge is 2.46. The molecule has 2 amide bonds. The Hall–Kier alpha value is -3.72. The number of rotatable bonds is 6. The molecule has 0 N–H and O–H groups in total. The molecule has 1 fully saturated rings. The number of likely N-dealkylation sites (tertiary alicyclic amines) is 1. The minimum absolute atomic E-state index is 0.186. The number of halogens is 4. The molecular formula is C31H27BrF3N3O2.